The molecule has 1 aliphatic rings. The molecule has 1 aliphatic carbocycles. The van der Waals surface area contributed by atoms with E-state index in [1.807, 2.05) is 6.07 Å². The Morgan fingerprint density at radius 3 is 2.95 bits per heavy atom. The fourth-order valence-electron chi connectivity index (χ4n) is 2.59. The maximum absolute atomic E-state index is 12.6. The number of aromatic amines is 1. The van der Waals surface area contributed by atoms with E-state index in [4.69, 9.17) is 10.8 Å². The van der Waals surface area contributed by atoms with Crippen LogP contribution in [-0.2, 0) is 0 Å². The van der Waals surface area contributed by atoms with Crippen molar-refractivity contribution < 1.29 is 9.90 Å². The molecule has 1 saturated carbocycles. The van der Waals surface area contributed by atoms with E-state index in [1.165, 1.54) is 0 Å². The van der Waals surface area contributed by atoms with E-state index in [0.29, 0.717) is 17.9 Å². The first-order valence-corrected chi connectivity index (χ1v) is 6.86. The minimum absolute atomic E-state index is 0.0350. The van der Waals surface area contributed by atoms with Gasteiger partial charge in [0, 0.05) is 23.7 Å². The largest absolute Gasteiger partial charge is 0.399 e. The summed E-state index contributed by atoms with van der Waals surface area (Å²) in [6, 6.07) is 5.56. The molecule has 3 rings (SSSR count). The number of hydrogen-bond acceptors (Lipinski definition) is 4. The van der Waals surface area contributed by atoms with Crippen molar-refractivity contribution in [1.29, 1.82) is 0 Å². The Bertz CT molecular complexity index is 633. The van der Waals surface area contributed by atoms with Crippen molar-refractivity contribution in [2.24, 2.45) is 0 Å². The molecule has 1 aromatic heterocycles. The quantitative estimate of drug-likeness (QED) is 0.728. The lowest BCUT2D eigenvalue weighted by molar-refractivity contribution is 0.0522. The van der Waals surface area contributed by atoms with Crippen molar-refractivity contribution >= 4 is 22.5 Å². The van der Waals surface area contributed by atoms with E-state index < -0.39 is 0 Å². The number of amides is 1. The number of carbonyl (C=O) groups is 1. The number of fused-ring (bicyclic) bond motifs is 1. The lowest BCUT2D eigenvalue weighted by atomic mass is 9.91. The Hall–Kier alpha value is -2.08. The number of nitrogen functional groups attached to an aromatic ring is 1. The number of nitrogens with zero attached hydrogens (tertiary/aromatic N) is 2. The summed E-state index contributed by atoms with van der Waals surface area (Å²) < 4.78 is 0. The van der Waals surface area contributed by atoms with E-state index in [-0.39, 0.29) is 18.6 Å². The van der Waals surface area contributed by atoms with Crippen LogP contribution in [0.15, 0.2) is 18.2 Å². The summed E-state index contributed by atoms with van der Waals surface area (Å²) in [4.78, 5) is 14.4. The van der Waals surface area contributed by atoms with Gasteiger partial charge in [-0.1, -0.05) is 0 Å². The van der Waals surface area contributed by atoms with Crippen LogP contribution in [0.4, 0.5) is 5.69 Å². The Morgan fingerprint density at radius 2 is 2.30 bits per heavy atom. The van der Waals surface area contributed by atoms with Gasteiger partial charge < -0.3 is 15.7 Å². The van der Waals surface area contributed by atoms with Crippen LogP contribution in [0.2, 0.25) is 0 Å². The highest BCUT2D eigenvalue weighted by atomic mass is 16.3. The topological polar surface area (TPSA) is 95.2 Å². The maximum atomic E-state index is 12.6. The van der Waals surface area contributed by atoms with Gasteiger partial charge in [-0.05, 0) is 37.5 Å². The minimum atomic E-state index is -0.138. The van der Waals surface area contributed by atoms with Gasteiger partial charge in [0.15, 0.2) is 5.69 Å². The molecule has 1 heterocycles. The molecule has 6 heteroatoms. The molecule has 0 radical (unpaired) electrons. The van der Waals surface area contributed by atoms with Crippen LogP contribution < -0.4 is 5.73 Å². The van der Waals surface area contributed by atoms with Gasteiger partial charge in [0.1, 0.15) is 0 Å². The number of aliphatic hydroxyl groups is 1. The van der Waals surface area contributed by atoms with Gasteiger partial charge in [-0.3, -0.25) is 9.89 Å². The van der Waals surface area contributed by atoms with Crippen molar-refractivity contribution in [3.63, 3.8) is 0 Å². The molecule has 4 N–H and O–H groups in total. The highest BCUT2D eigenvalue weighted by Gasteiger charge is 2.30. The van der Waals surface area contributed by atoms with Crippen molar-refractivity contribution in [2.45, 2.75) is 25.3 Å². The molecule has 0 bridgehead atoms. The Kier molecular flexibility index (Phi) is 3.31. The standard InChI is InChI=1S/C14H18N4O2/c15-9-4-5-12-11(8-9)13(17-16-12)14(20)18(6-7-19)10-2-1-3-10/h4-5,8,10,19H,1-3,6-7,15H2,(H,16,17). The zero-order valence-corrected chi connectivity index (χ0v) is 11.2. The number of aromatic nitrogens is 2. The molecular weight excluding hydrogens is 256 g/mol. The fourth-order valence-corrected chi connectivity index (χ4v) is 2.59. The van der Waals surface area contributed by atoms with Crippen LogP contribution in [-0.4, -0.2) is 45.3 Å². The molecule has 0 unspecified atom stereocenters. The summed E-state index contributed by atoms with van der Waals surface area (Å²) in [5, 5.41) is 16.9. The van der Waals surface area contributed by atoms with Crippen molar-refractivity contribution in [1.82, 2.24) is 15.1 Å². The van der Waals surface area contributed by atoms with Crippen LogP contribution in [0.25, 0.3) is 10.9 Å². The Morgan fingerprint density at radius 1 is 1.50 bits per heavy atom. The number of rotatable bonds is 4. The summed E-state index contributed by atoms with van der Waals surface area (Å²) in [5.74, 6) is -0.138. The second-order valence-corrected chi connectivity index (χ2v) is 5.18. The maximum Gasteiger partial charge on any atom is 0.275 e. The van der Waals surface area contributed by atoms with Crippen LogP contribution in [0, 0.1) is 0 Å². The second kappa shape index (κ2) is 5.13. The summed E-state index contributed by atoms with van der Waals surface area (Å²) in [6.45, 7) is 0.312. The van der Waals surface area contributed by atoms with Crippen LogP contribution in [0.3, 0.4) is 0 Å². The predicted octanol–water partition coefficient (Wildman–Crippen LogP) is 1.13. The lowest BCUT2D eigenvalue weighted by Crippen LogP contribution is -2.45. The van der Waals surface area contributed by atoms with Crippen molar-refractivity contribution in [3.05, 3.63) is 23.9 Å². The van der Waals surface area contributed by atoms with Crippen LogP contribution in [0.1, 0.15) is 29.8 Å². The molecule has 0 atom stereocenters. The first-order valence-electron chi connectivity index (χ1n) is 6.86. The number of nitrogens with two attached hydrogens (primary N) is 1. The second-order valence-electron chi connectivity index (χ2n) is 5.18. The van der Waals surface area contributed by atoms with Gasteiger partial charge >= 0.3 is 0 Å². The van der Waals surface area contributed by atoms with Gasteiger partial charge in [0.2, 0.25) is 0 Å². The number of H-pyrrole nitrogens is 1. The summed E-state index contributed by atoms with van der Waals surface area (Å²) in [7, 11) is 0. The Labute approximate surface area is 116 Å². The van der Waals surface area contributed by atoms with Crippen molar-refractivity contribution in [2.75, 3.05) is 18.9 Å². The summed E-state index contributed by atoms with van der Waals surface area (Å²) >= 11 is 0. The smallest absolute Gasteiger partial charge is 0.275 e. The van der Waals surface area contributed by atoms with Crippen LogP contribution in [0.5, 0.6) is 0 Å². The molecule has 20 heavy (non-hydrogen) atoms. The first kappa shape index (κ1) is 12.9. The molecule has 0 aliphatic heterocycles. The molecule has 1 fully saturated rings. The molecule has 6 nitrogen and oxygen atoms in total. The van der Waals surface area contributed by atoms with E-state index in [0.717, 1.165) is 30.2 Å². The van der Waals surface area contributed by atoms with E-state index in [1.54, 1.807) is 17.0 Å². The number of hydrogen-bond donors (Lipinski definition) is 3. The average molecular weight is 274 g/mol. The minimum Gasteiger partial charge on any atom is -0.399 e. The third kappa shape index (κ3) is 2.12. The number of carbonyl (C=O) groups excluding carboxylic acids is 1. The predicted molar refractivity (Wildman–Crippen MR) is 76.3 cm³/mol. The monoisotopic (exact) mass is 274 g/mol. The molecular formula is C14H18N4O2. The van der Waals surface area contributed by atoms with Gasteiger partial charge in [0.25, 0.3) is 5.91 Å². The van der Waals surface area contributed by atoms with Crippen molar-refractivity contribution in [3.8, 4) is 0 Å². The number of aliphatic hydroxyl groups excluding tert-OH is 1. The van der Waals surface area contributed by atoms with Gasteiger partial charge in [-0.25, -0.2) is 0 Å². The van der Waals surface area contributed by atoms with Crippen LogP contribution >= 0.6 is 0 Å². The van der Waals surface area contributed by atoms with Gasteiger partial charge in [-0.15, -0.1) is 0 Å². The third-order valence-corrected chi connectivity index (χ3v) is 3.91. The van der Waals surface area contributed by atoms with E-state index in [9.17, 15) is 4.79 Å². The average Bonchev–Trinajstić information content (AvgIpc) is 2.78. The lowest BCUT2D eigenvalue weighted by Gasteiger charge is -2.36. The summed E-state index contributed by atoms with van der Waals surface area (Å²) in [5.41, 5.74) is 7.55. The molecule has 0 saturated heterocycles. The first-order chi connectivity index (χ1) is 9.70. The molecule has 2 aromatic rings. The van der Waals surface area contributed by atoms with E-state index >= 15 is 0 Å². The summed E-state index contributed by atoms with van der Waals surface area (Å²) in [6.07, 6.45) is 3.13. The van der Waals surface area contributed by atoms with Gasteiger partial charge in [-0.2, -0.15) is 5.10 Å². The van der Waals surface area contributed by atoms with E-state index in [2.05, 4.69) is 10.2 Å². The molecule has 1 aromatic carbocycles. The highest BCUT2D eigenvalue weighted by Crippen LogP contribution is 2.27. The van der Waals surface area contributed by atoms with Gasteiger partial charge in [0.05, 0.1) is 12.1 Å². The normalized spacial score (nSPS) is 15.2. The SMILES string of the molecule is Nc1ccc2[nH]nc(C(=O)N(CCO)C3CCC3)c2c1. The molecule has 106 valence electrons. The zero-order valence-electron chi connectivity index (χ0n) is 11.2. The third-order valence-electron chi connectivity index (χ3n) is 3.91. The number of nitrogens with one attached hydrogen (secondary N) is 1. The zero-order chi connectivity index (χ0) is 14.1. The fraction of sp³-hybridized carbons (Fsp3) is 0.429. The number of anilines is 1. The molecule has 0 spiro atoms. The highest BCUT2D eigenvalue weighted by molar-refractivity contribution is 6.05. The molecule has 1 amide bonds. The number of benzene rings is 1. The Balaban J connectivity index is 1.95.